The summed E-state index contributed by atoms with van der Waals surface area (Å²) in [5.74, 6) is 3.58. The monoisotopic (exact) mass is 443 g/mol. The normalized spacial score (nSPS) is 18.4. The number of nitrogens with two attached hydrogens (primary N) is 1. The minimum Gasteiger partial charge on any atom is -0.490 e. The van der Waals surface area contributed by atoms with Gasteiger partial charge in [0.05, 0.1) is 12.4 Å². The minimum absolute atomic E-state index is 0.242. The molecule has 2 N–H and O–H groups in total. The number of aryl methyl sites for hydroxylation is 1. The number of ether oxygens (including phenoxy) is 2. The van der Waals surface area contributed by atoms with Gasteiger partial charge < -0.3 is 19.7 Å². The van der Waals surface area contributed by atoms with Gasteiger partial charge in [-0.2, -0.15) is 4.98 Å². The van der Waals surface area contributed by atoms with E-state index in [0.29, 0.717) is 29.0 Å². The van der Waals surface area contributed by atoms with Crippen LogP contribution in [0.5, 0.6) is 17.2 Å². The topological polar surface area (TPSA) is 109 Å². The second-order valence-corrected chi connectivity index (χ2v) is 8.31. The van der Waals surface area contributed by atoms with Gasteiger partial charge in [-0.1, -0.05) is 36.3 Å². The second kappa shape index (κ2) is 8.99. The first-order valence-electron chi connectivity index (χ1n) is 11.0. The Labute approximate surface area is 191 Å². The molecule has 168 valence electrons. The van der Waals surface area contributed by atoms with E-state index in [1.165, 1.54) is 11.1 Å². The van der Waals surface area contributed by atoms with Gasteiger partial charge in [0, 0.05) is 18.9 Å². The van der Waals surface area contributed by atoms with Crippen LogP contribution < -0.4 is 15.2 Å². The van der Waals surface area contributed by atoms with Gasteiger partial charge in [-0.3, -0.25) is 0 Å². The fourth-order valence-electron chi connectivity index (χ4n) is 3.76. The van der Waals surface area contributed by atoms with Crippen molar-refractivity contribution in [2.45, 2.75) is 44.8 Å². The van der Waals surface area contributed by atoms with Crippen molar-refractivity contribution in [2.24, 2.45) is 5.73 Å². The SMILES string of the molecule is Cc1nc(-c2ncc(Oc3ccc([C@H](C)c4ccc(OC5CC(N)C5)cc4)cc3)cn2)no1. The number of hydrogen-bond acceptors (Lipinski definition) is 8. The van der Waals surface area contributed by atoms with Crippen molar-refractivity contribution in [1.82, 2.24) is 20.1 Å². The highest BCUT2D eigenvalue weighted by Crippen LogP contribution is 2.30. The van der Waals surface area contributed by atoms with Crippen molar-refractivity contribution in [3.05, 3.63) is 77.9 Å². The third kappa shape index (κ3) is 4.85. The number of rotatable bonds is 7. The average Bonchev–Trinajstić information content (AvgIpc) is 3.25. The third-order valence-corrected chi connectivity index (χ3v) is 5.79. The summed E-state index contributed by atoms with van der Waals surface area (Å²) in [5.41, 5.74) is 8.25. The largest absolute Gasteiger partial charge is 0.490 e. The lowest BCUT2D eigenvalue weighted by atomic mass is 9.90. The van der Waals surface area contributed by atoms with Crippen LogP contribution in [0, 0.1) is 6.92 Å². The Hall–Kier alpha value is -3.78. The van der Waals surface area contributed by atoms with E-state index in [1.54, 1.807) is 19.3 Å². The van der Waals surface area contributed by atoms with Crippen molar-refractivity contribution in [1.29, 1.82) is 0 Å². The predicted molar refractivity (Wildman–Crippen MR) is 122 cm³/mol. The number of hydrogen-bond donors (Lipinski definition) is 1. The smallest absolute Gasteiger partial charge is 0.240 e. The van der Waals surface area contributed by atoms with Gasteiger partial charge in [-0.15, -0.1) is 0 Å². The lowest BCUT2D eigenvalue weighted by Crippen LogP contribution is -2.43. The first-order valence-corrected chi connectivity index (χ1v) is 11.0. The maximum absolute atomic E-state index is 5.95. The Balaban J connectivity index is 1.20. The fraction of sp³-hybridized carbons (Fsp3) is 0.280. The summed E-state index contributed by atoms with van der Waals surface area (Å²) in [5, 5.41) is 3.81. The summed E-state index contributed by atoms with van der Waals surface area (Å²) in [4.78, 5) is 12.6. The number of benzene rings is 2. The van der Waals surface area contributed by atoms with Crippen LogP contribution in [0.25, 0.3) is 11.6 Å². The highest BCUT2D eigenvalue weighted by atomic mass is 16.5. The molecule has 0 bridgehead atoms. The van der Waals surface area contributed by atoms with Crippen molar-refractivity contribution >= 4 is 0 Å². The van der Waals surface area contributed by atoms with E-state index in [1.807, 2.05) is 24.3 Å². The summed E-state index contributed by atoms with van der Waals surface area (Å²) < 4.78 is 16.8. The number of aromatic nitrogens is 4. The van der Waals surface area contributed by atoms with Crippen LogP contribution in [0.4, 0.5) is 0 Å². The molecule has 0 unspecified atom stereocenters. The molecule has 0 aliphatic heterocycles. The summed E-state index contributed by atoms with van der Waals surface area (Å²) >= 11 is 0. The number of nitrogens with zero attached hydrogens (tertiary/aromatic N) is 4. The van der Waals surface area contributed by atoms with E-state index in [2.05, 4.69) is 51.3 Å². The quantitative estimate of drug-likeness (QED) is 0.440. The lowest BCUT2D eigenvalue weighted by Gasteiger charge is -2.32. The van der Waals surface area contributed by atoms with Crippen molar-refractivity contribution in [2.75, 3.05) is 0 Å². The minimum atomic E-state index is 0.242. The lowest BCUT2D eigenvalue weighted by molar-refractivity contribution is 0.101. The van der Waals surface area contributed by atoms with E-state index >= 15 is 0 Å². The van der Waals surface area contributed by atoms with Crippen LogP contribution >= 0.6 is 0 Å². The highest BCUT2D eigenvalue weighted by molar-refractivity contribution is 5.43. The van der Waals surface area contributed by atoms with Crippen molar-refractivity contribution in [3.8, 4) is 28.9 Å². The Morgan fingerprint density at radius 3 is 2.03 bits per heavy atom. The molecule has 1 atom stereocenters. The molecule has 1 fully saturated rings. The van der Waals surface area contributed by atoms with Gasteiger partial charge in [0.15, 0.2) is 5.75 Å². The van der Waals surface area contributed by atoms with Crippen LogP contribution in [0.2, 0.25) is 0 Å². The van der Waals surface area contributed by atoms with E-state index in [0.717, 1.165) is 18.6 Å². The average molecular weight is 444 g/mol. The Kier molecular flexibility index (Phi) is 5.75. The molecular weight excluding hydrogens is 418 g/mol. The molecule has 1 aliphatic rings. The zero-order valence-electron chi connectivity index (χ0n) is 18.5. The molecule has 0 spiro atoms. The molecule has 8 heteroatoms. The Morgan fingerprint density at radius 2 is 1.48 bits per heavy atom. The third-order valence-electron chi connectivity index (χ3n) is 5.79. The van der Waals surface area contributed by atoms with Gasteiger partial charge >= 0.3 is 0 Å². The molecule has 8 nitrogen and oxygen atoms in total. The molecule has 2 aromatic carbocycles. The molecule has 1 saturated carbocycles. The molecule has 4 aromatic rings. The zero-order chi connectivity index (χ0) is 22.8. The first kappa shape index (κ1) is 21.1. The molecule has 2 aromatic heterocycles. The Morgan fingerprint density at radius 1 is 0.879 bits per heavy atom. The maximum Gasteiger partial charge on any atom is 0.240 e. The highest BCUT2D eigenvalue weighted by Gasteiger charge is 2.27. The van der Waals surface area contributed by atoms with Crippen molar-refractivity contribution < 1.29 is 14.0 Å². The molecule has 0 saturated heterocycles. The van der Waals surface area contributed by atoms with Crippen LogP contribution in [-0.4, -0.2) is 32.3 Å². The summed E-state index contributed by atoms with van der Waals surface area (Å²) in [6.07, 6.45) is 5.29. The molecular formula is C25H25N5O3. The van der Waals surface area contributed by atoms with Gasteiger partial charge in [0.25, 0.3) is 0 Å². The molecule has 5 rings (SSSR count). The Bertz CT molecular complexity index is 1200. The fourth-order valence-corrected chi connectivity index (χ4v) is 3.76. The summed E-state index contributed by atoms with van der Waals surface area (Å²) in [6, 6.07) is 16.6. The van der Waals surface area contributed by atoms with Crippen LogP contribution in [-0.2, 0) is 0 Å². The predicted octanol–water partition coefficient (Wildman–Crippen LogP) is 4.65. The van der Waals surface area contributed by atoms with Gasteiger partial charge in [0.2, 0.25) is 17.5 Å². The maximum atomic E-state index is 5.95. The van der Waals surface area contributed by atoms with Crippen LogP contribution in [0.3, 0.4) is 0 Å². The molecule has 33 heavy (non-hydrogen) atoms. The first-order chi connectivity index (χ1) is 16.0. The van der Waals surface area contributed by atoms with Gasteiger partial charge in [-0.05, 0) is 48.2 Å². The molecule has 2 heterocycles. The summed E-state index contributed by atoms with van der Waals surface area (Å²) in [6.45, 7) is 3.90. The second-order valence-electron chi connectivity index (χ2n) is 8.31. The zero-order valence-corrected chi connectivity index (χ0v) is 18.5. The van der Waals surface area contributed by atoms with Crippen LogP contribution in [0.1, 0.15) is 42.7 Å². The van der Waals surface area contributed by atoms with E-state index in [9.17, 15) is 0 Å². The van der Waals surface area contributed by atoms with E-state index in [4.69, 9.17) is 19.7 Å². The molecule has 1 aliphatic carbocycles. The standard InChI is InChI=1S/C25H25N5O3/c1-15(17-3-7-20(8-4-17)31-22-11-19(26)12-22)18-5-9-21(10-6-18)32-23-13-27-24(28-14-23)25-29-16(2)33-30-25/h3-10,13-15,19,22H,11-12,26H2,1-2H3/t15-,19?,22?/m1/s1. The summed E-state index contributed by atoms with van der Waals surface area (Å²) in [7, 11) is 0. The van der Waals surface area contributed by atoms with E-state index < -0.39 is 0 Å². The van der Waals surface area contributed by atoms with E-state index in [-0.39, 0.29) is 18.1 Å². The van der Waals surface area contributed by atoms with Crippen LogP contribution in [0.15, 0.2) is 65.4 Å². The van der Waals surface area contributed by atoms with Gasteiger partial charge in [-0.25, -0.2) is 9.97 Å². The van der Waals surface area contributed by atoms with Crippen molar-refractivity contribution in [3.63, 3.8) is 0 Å². The molecule has 0 radical (unpaired) electrons. The van der Waals surface area contributed by atoms with Gasteiger partial charge in [0.1, 0.15) is 17.6 Å². The molecule has 0 amide bonds.